The highest BCUT2D eigenvalue weighted by Crippen LogP contribution is 2.22. The van der Waals surface area contributed by atoms with Gasteiger partial charge in [-0.2, -0.15) is 5.10 Å². The number of para-hydroxylation sites is 1. The fourth-order valence-electron chi connectivity index (χ4n) is 3.53. The van der Waals surface area contributed by atoms with Crippen molar-refractivity contribution in [1.82, 2.24) is 20.2 Å². The number of fused-ring (bicyclic) bond motifs is 1. The lowest BCUT2D eigenvalue weighted by Crippen LogP contribution is -2.18. The SMILES string of the molecule is CC.CCC(CCN)CNc1cc[nH]ncc(C(C)C)c(NCc2ccc3ccccc3n2)n1. The first kappa shape index (κ1) is 27.1. The number of nitrogens with two attached hydrogens (primary N) is 1. The number of H-pyrrole nitrogens is 1. The van der Waals surface area contributed by atoms with Crippen LogP contribution in [-0.4, -0.2) is 33.3 Å². The minimum Gasteiger partial charge on any atom is -0.370 e. The van der Waals surface area contributed by atoms with E-state index in [9.17, 15) is 0 Å². The number of anilines is 2. The molecule has 0 aliphatic heterocycles. The topological polar surface area (TPSA) is 105 Å². The third kappa shape index (κ3) is 8.30. The molecule has 0 saturated heterocycles. The normalized spacial score (nSPS) is 11.4. The molecule has 0 radical (unpaired) electrons. The maximum absolute atomic E-state index is 5.76. The van der Waals surface area contributed by atoms with Gasteiger partial charge in [0.15, 0.2) is 0 Å². The predicted octanol–water partition coefficient (Wildman–Crippen LogP) is 6.03. The van der Waals surface area contributed by atoms with Crippen LogP contribution >= 0.6 is 0 Å². The molecule has 0 aliphatic carbocycles. The minimum absolute atomic E-state index is 0.247. The van der Waals surface area contributed by atoms with Crippen molar-refractivity contribution in [1.29, 1.82) is 0 Å². The van der Waals surface area contributed by atoms with Crippen molar-refractivity contribution in [2.75, 3.05) is 23.7 Å². The molecule has 5 N–H and O–H groups in total. The van der Waals surface area contributed by atoms with E-state index in [1.165, 1.54) is 0 Å². The molecule has 2 heterocycles. The molecule has 1 aromatic carbocycles. The molecule has 1 atom stereocenters. The molecule has 3 rings (SSSR count). The number of aromatic nitrogens is 4. The van der Waals surface area contributed by atoms with Gasteiger partial charge >= 0.3 is 0 Å². The second kappa shape index (κ2) is 14.9. The van der Waals surface area contributed by atoms with Crippen LogP contribution in [0.3, 0.4) is 0 Å². The molecule has 184 valence electrons. The molecule has 0 saturated carbocycles. The van der Waals surface area contributed by atoms with Gasteiger partial charge in [-0.1, -0.05) is 65.3 Å². The Morgan fingerprint density at radius 1 is 1.00 bits per heavy atom. The summed E-state index contributed by atoms with van der Waals surface area (Å²) in [7, 11) is 0. The van der Waals surface area contributed by atoms with Gasteiger partial charge < -0.3 is 16.4 Å². The average Bonchev–Trinajstić information content (AvgIpc) is 2.96. The summed E-state index contributed by atoms with van der Waals surface area (Å²) < 4.78 is 0. The van der Waals surface area contributed by atoms with Crippen molar-refractivity contribution in [2.45, 2.75) is 59.9 Å². The molecule has 3 aromatic rings. The Morgan fingerprint density at radius 2 is 1.79 bits per heavy atom. The third-order valence-corrected chi connectivity index (χ3v) is 5.54. The van der Waals surface area contributed by atoms with Gasteiger partial charge in [0.2, 0.25) is 0 Å². The van der Waals surface area contributed by atoms with E-state index in [2.05, 4.69) is 59.8 Å². The molecular weight excluding hydrogens is 422 g/mol. The van der Waals surface area contributed by atoms with Gasteiger partial charge in [-0.3, -0.25) is 10.1 Å². The van der Waals surface area contributed by atoms with Gasteiger partial charge in [-0.05, 0) is 43.0 Å². The molecule has 0 aliphatic rings. The zero-order valence-electron chi connectivity index (χ0n) is 21.3. The van der Waals surface area contributed by atoms with Crippen molar-refractivity contribution >= 4 is 22.5 Å². The summed E-state index contributed by atoms with van der Waals surface area (Å²) in [5.74, 6) is 2.34. The molecule has 0 spiro atoms. The molecule has 34 heavy (non-hydrogen) atoms. The summed E-state index contributed by atoms with van der Waals surface area (Å²) in [6.07, 6.45) is 5.70. The van der Waals surface area contributed by atoms with Crippen LogP contribution in [0.2, 0.25) is 0 Å². The minimum atomic E-state index is 0.247. The zero-order chi connectivity index (χ0) is 24.8. The number of pyridine rings is 1. The molecule has 0 fully saturated rings. The lowest BCUT2D eigenvalue weighted by Gasteiger charge is -2.16. The zero-order valence-corrected chi connectivity index (χ0v) is 21.3. The van der Waals surface area contributed by atoms with Crippen molar-refractivity contribution in [2.24, 2.45) is 11.7 Å². The standard InChI is InChI=1S/C25H35N7.C2H6/c1-4-19(11-13-26)15-27-24-12-14-29-30-17-22(18(2)3)25(32-24)28-16-21-10-9-20-7-5-6-8-23(20)31-21;1-2/h5-10,12,14,17-19,28-29H,4,11,13,15-16,26H2,1-3H3,(H,27,32);1-2H3. The van der Waals surface area contributed by atoms with E-state index >= 15 is 0 Å². The lowest BCUT2D eigenvalue weighted by atomic mass is 10.0. The van der Waals surface area contributed by atoms with Crippen LogP contribution in [0.25, 0.3) is 10.9 Å². The number of hydrogen-bond acceptors (Lipinski definition) is 6. The second-order valence-corrected chi connectivity index (χ2v) is 8.26. The van der Waals surface area contributed by atoms with Gasteiger partial charge in [-0.25, -0.2) is 4.98 Å². The largest absolute Gasteiger partial charge is 0.370 e. The van der Waals surface area contributed by atoms with E-state index in [0.717, 1.165) is 53.2 Å². The summed E-state index contributed by atoms with van der Waals surface area (Å²) in [6.45, 7) is 12.6. The molecule has 1 unspecified atom stereocenters. The predicted molar refractivity (Wildman–Crippen MR) is 144 cm³/mol. The van der Waals surface area contributed by atoms with E-state index < -0.39 is 0 Å². The van der Waals surface area contributed by atoms with Gasteiger partial charge in [0.05, 0.1) is 24.0 Å². The summed E-state index contributed by atoms with van der Waals surface area (Å²) in [5.41, 5.74) is 8.74. The summed E-state index contributed by atoms with van der Waals surface area (Å²) in [6, 6.07) is 14.2. The van der Waals surface area contributed by atoms with E-state index in [0.29, 0.717) is 19.0 Å². The van der Waals surface area contributed by atoms with Crippen molar-refractivity contribution in [3.63, 3.8) is 0 Å². The third-order valence-electron chi connectivity index (χ3n) is 5.54. The highest BCUT2D eigenvalue weighted by molar-refractivity contribution is 5.78. The lowest BCUT2D eigenvalue weighted by molar-refractivity contribution is 0.501. The summed E-state index contributed by atoms with van der Waals surface area (Å²) in [4.78, 5) is 9.72. The highest BCUT2D eigenvalue weighted by Gasteiger charge is 2.10. The summed E-state index contributed by atoms with van der Waals surface area (Å²) >= 11 is 0. The van der Waals surface area contributed by atoms with Crippen molar-refractivity contribution in [3.8, 4) is 0 Å². The number of aromatic amines is 1. The smallest absolute Gasteiger partial charge is 0.133 e. The van der Waals surface area contributed by atoms with Crippen LogP contribution in [-0.2, 0) is 6.54 Å². The Morgan fingerprint density at radius 3 is 2.53 bits per heavy atom. The maximum Gasteiger partial charge on any atom is 0.133 e. The number of hydrogen-bond donors (Lipinski definition) is 4. The van der Waals surface area contributed by atoms with Gasteiger partial charge in [0, 0.05) is 23.7 Å². The maximum atomic E-state index is 5.76. The van der Waals surface area contributed by atoms with Crippen LogP contribution < -0.4 is 16.4 Å². The average molecular weight is 464 g/mol. The second-order valence-electron chi connectivity index (χ2n) is 8.26. The Kier molecular flexibility index (Phi) is 11.8. The Balaban J connectivity index is 0.00000199. The van der Waals surface area contributed by atoms with E-state index in [1.807, 2.05) is 44.3 Å². The van der Waals surface area contributed by atoms with E-state index in [1.54, 1.807) is 6.20 Å². The molecule has 7 heteroatoms. The molecule has 7 nitrogen and oxygen atoms in total. The fourth-order valence-corrected chi connectivity index (χ4v) is 3.53. The molecular formula is C27H41N7. The quantitative estimate of drug-likeness (QED) is 0.293. The monoisotopic (exact) mass is 463 g/mol. The van der Waals surface area contributed by atoms with Gasteiger partial charge in [-0.15, -0.1) is 0 Å². The number of nitrogens with one attached hydrogen (secondary N) is 3. The first-order valence-corrected chi connectivity index (χ1v) is 12.4. The van der Waals surface area contributed by atoms with E-state index in [4.69, 9.17) is 15.7 Å². The summed E-state index contributed by atoms with van der Waals surface area (Å²) in [5, 5.41) is 15.4. The van der Waals surface area contributed by atoms with Crippen LogP contribution in [0.1, 0.15) is 64.6 Å². The first-order chi connectivity index (χ1) is 16.6. The number of benzene rings is 1. The van der Waals surface area contributed by atoms with Gasteiger partial charge in [0.25, 0.3) is 0 Å². The molecule has 2 aromatic heterocycles. The molecule has 0 amide bonds. The van der Waals surface area contributed by atoms with Crippen molar-refractivity contribution < 1.29 is 0 Å². The number of nitrogens with zero attached hydrogens (tertiary/aromatic N) is 3. The Labute approximate surface area is 204 Å². The Bertz CT molecular complexity index is 1040. The fraction of sp³-hybridized carbons (Fsp3) is 0.444. The van der Waals surface area contributed by atoms with Crippen LogP contribution in [0.15, 0.2) is 54.9 Å². The highest BCUT2D eigenvalue weighted by atomic mass is 15.1. The first-order valence-electron chi connectivity index (χ1n) is 12.4. The van der Waals surface area contributed by atoms with Crippen LogP contribution in [0, 0.1) is 5.92 Å². The molecule has 0 bridgehead atoms. The van der Waals surface area contributed by atoms with Crippen LogP contribution in [0.5, 0.6) is 0 Å². The van der Waals surface area contributed by atoms with Crippen LogP contribution in [0.4, 0.5) is 11.6 Å². The van der Waals surface area contributed by atoms with Crippen molar-refractivity contribution in [3.05, 3.63) is 66.1 Å². The van der Waals surface area contributed by atoms with E-state index in [-0.39, 0.29) is 5.92 Å². The number of rotatable bonds is 10. The Hall–Kier alpha value is -3.19. The van der Waals surface area contributed by atoms with Gasteiger partial charge in [0.1, 0.15) is 11.6 Å².